The first-order valence-corrected chi connectivity index (χ1v) is 8.96. The van der Waals surface area contributed by atoms with Gasteiger partial charge in [0, 0.05) is 35.0 Å². The molecule has 0 bridgehead atoms. The van der Waals surface area contributed by atoms with Crippen molar-refractivity contribution >= 4 is 28.3 Å². The van der Waals surface area contributed by atoms with Crippen molar-refractivity contribution in [2.45, 2.75) is 33.7 Å². The number of aromatic nitrogens is 2. The Labute approximate surface area is 150 Å². The first-order chi connectivity index (χ1) is 11.8. The van der Waals surface area contributed by atoms with Gasteiger partial charge in [-0.15, -0.1) is 11.3 Å². The molecule has 0 fully saturated rings. The second-order valence-corrected chi connectivity index (χ2v) is 7.79. The Hall–Kier alpha value is -2.25. The molecule has 0 radical (unpaired) electrons. The van der Waals surface area contributed by atoms with Gasteiger partial charge in [0.15, 0.2) is 0 Å². The minimum Gasteiger partial charge on any atom is -0.338 e. The van der Waals surface area contributed by atoms with Gasteiger partial charge in [0.2, 0.25) is 0 Å². The number of amides is 1. The summed E-state index contributed by atoms with van der Waals surface area (Å²) >= 11 is 1.71. The highest BCUT2D eigenvalue weighted by atomic mass is 32.1. The Kier molecular flexibility index (Phi) is 4.62. The summed E-state index contributed by atoms with van der Waals surface area (Å²) < 4.78 is 5.36. The SMILES string of the molecule is Cc1cc(-c2cc(C(=O)N(C)C(C)CN)c3c(C)noc3n2)c(C)s1. The van der Waals surface area contributed by atoms with Gasteiger partial charge in [0.05, 0.1) is 22.3 Å². The molecule has 3 heterocycles. The highest BCUT2D eigenvalue weighted by Crippen LogP contribution is 2.33. The van der Waals surface area contributed by atoms with Crippen LogP contribution in [0.1, 0.15) is 32.7 Å². The van der Waals surface area contributed by atoms with E-state index in [1.54, 1.807) is 23.3 Å². The molecule has 1 amide bonds. The Morgan fingerprint density at radius 1 is 1.36 bits per heavy atom. The lowest BCUT2D eigenvalue weighted by molar-refractivity contribution is 0.0750. The summed E-state index contributed by atoms with van der Waals surface area (Å²) in [5, 5.41) is 4.66. The van der Waals surface area contributed by atoms with E-state index >= 15 is 0 Å². The molecule has 0 spiro atoms. The van der Waals surface area contributed by atoms with Crippen molar-refractivity contribution in [3.05, 3.63) is 33.1 Å². The lowest BCUT2D eigenvalue weighted by Gasteiger charge is -2.24. The molecule has 3 rings (SSSR count). The molecule has 2 N–H and O–H groups in total. The van der Waals surface area contributed by atoms with Crippen LogP contribution < -0.4 is 5.73 Å². The fourth-order valence-electron chi connectivity index (χ4n) is 2.83. The Bertz CT molecular complexity index is 944. The van der Waals surface area contributed by atoms with Crippen LogP contribution in [0.3, 0.4) is 0 Å². The van der Waals surface area contributed by atoms with Gasteiger partial charge in [-0.05, 0) is 39.8 Å². The first kappa shape index (κ1) is 17.6. The zero-order chi connectivity index (χ0) is 18.3. The van der Waals surface area contributed by atoms with Crippen LogP contribution in [0.4, 0.5) is 0 Å². The number of likely N-dealkylation sites (N-methyl/N-ethyl adjacent to an activating group) is 1. The summed E-state index contributed by atoms with van der Waals surface area (Å²) in [6, 6.07) is 3.85. The summed E-state index contributed by atoms with van der Waals surface area (Å²) in [6.07, 6.45) is 0. The van der Waals surface area contributed by atoms with Gasteiger partial charge in [-0.2, -0.15) is 0 Å². The monoisotopic (exact) mass is 358 g/mol. The molecule has 6 nitrogen and oxygen atoms in total. The number of hydrogen-bond donors (Lipinski definition) is 1. The number of nitrogens with two attached hydrogens (primary N) is 1. The van der Waals surface area contributed by atoms with Crippen molar-refractivity contribution in [3.63, 3.8) is 0 Å². The zero-order valence-electron chi connectivity index (χ0n) is 15.1. The second kappa shape index (κ2) is 6.57. The number of fused-ring (bicyclic) bond motifs is 1. The molecule has 0 aliphatic heterocycles. The van der Waals surface area contributed by atoms with E-state index in [2.05, 4.69) is 30.1 Å². The molecule has 0 aliphatic rings. The Morgan fingerprint density at radius 2 is 2.08 bits per heavy atom. The van der Waals surface area contributed by atoms with Gasteiger partial charge in [-0.1, -0.05) is 5.16 Å². The predicted molar refractivity (Wildman–Crippen MR) is 99.9 cm³/mol. The number of thiophene rings is 1. The minimum absolute atomic E-state index is 0.0653. The lowest BCUT2D eigenvalue weighted by atomic mass is 10.0. The zero-order valence-corrected chi connectivity index (χ0v) is 15.9. The lowest BCUT2D eigenvalue weighted by Crippen LogP contribution is -2.39. The third-order valence-corrected chi connectivity index (χ3v) is 5.45. The van der Waals surface area contributed by atoms with Crippen LogP contribution in [0, 0.1) is 20.8 Å². The maximum atomic E-state index is 13.1. The van der Waals surface area contributed by atoms with Gasteiger partial charge in [0.25, 0.3) is 11.6 Å². The van der Waals surface area contributed by atoms with Gasteiger partial charge in [-0.25, -0.2) is 4.98 Å². The molecule has 25 heavy (non-hydrogen) atoms. The van der Waals surface area contributed by atoms with E-state index < -0.39 is 0 Å². The van der Waals surface area contributed by atoms with Crippen LogP contribution in [0.15, 0.2) is 16.7 Å². The van der Waals surface area contributed by atoms with E-state index in [4.69, 9.17) is 10.3 Å². The third-order valence-electron chi connectivity index (χ3n) is 4.49. The van der Waals surface area contributed by atoms with E-state index in [0.717, 1.165) is 16.1 Å². The highest BCUT2D eigenvalue weighted by molar-refractivity contribution is 7.12. The van der Waals surface area contributed by atoms with E-state index in [9.17, 15) is 4.79 Å². The number of hydrogen-bond acceptors (Lipinski definition) is 6. The number of carbonyl (C=O) groups is 1. The number of aryl methyl sites for hydroxylation is 3. The highest BCUT2D eigenvalue weighted by Gasteiger charge is 2.24. The molecule has 0 saturated heterocycles. The van der Waals surface area contributed by atoms with Crippen molar-refractivity contribution in [2.24, 2.45) is 5.73 Å². The van der Waals surface area contributed by atoms with Crippen LogP contribution in [-0.2, 0) is 0 Å². The topological polar surface area (TPSA) is 85.2 Å². The molecule has 1 unspecified atom stereocenters. The van der Waals surface area contributed by atoms with Gasteiger partial charge >= 0.3 is 0 Å². The summed E-state index contributed by atoms with van der Waals surface area (Å²) in [5.74, 6) is -0.109. The molecule has 0 aliphatic carbocycles. The van der Waals surface area contributed by atoms with Crippen LogP contribution in [0.25, 0.3) is 22.4 Å². The van der Waals surface area contributed by atoms with Crippen molar-refractivity contribution in [1.29, 1.82) is 0 Å². The minimum atomic E-state index is -0.109. The van der Waals surface area contributed by atoms with E-state index in [1.165, 1.54) is 4.88 Å². The third kappa shape index (κ3) is 3.05. The summed E-state index contributed by atoms with van der Waals surface area (Å²) in [4.78, 5) is 21.7. The molecule has 0 aromatic carbocycles. The molecule has 1 atom stereocenters. The summed E-state index contributed by atoms with van der Waals surface area (Å²) in [7, 11) is 1.76. The van der Waals surface area contributed by atoms with Crippen molar-refractivity contribution in [2.75, 3.05) is 13.6 Å². The predicted octanol–water partition coefficient (Wildman–Crippen LogP) is 3.30. The van der Waals surface area contributed by atoms with E-state index in [1.807, 2.05) is 19.9 Å². The number of pyridine rings is 1. The van der Waals surface area contributed by atoms with Crippen molar-refractivity contribution in [3.8, 4) is 11.3 Å². The first-order valence-electron chi connectivity index (χ1n) is 8.15. The van der Waals surface area contributed by atoms with Crippen molar-refractivity contribution in [1.82, 2.24) is 15.0 Å². The largest absolute Gasteiger partial charge is 0.338 e. The Morgan fingerprint density at radius 3 is 2.68 bits per heavy atom. The van der Waals surface area contributed by atoms with Crippen molar-refractivity contribution < 1.29 is 9.32 Å². The average molecular weight is 358 g/mol. The molecule has 3 aromatic rings. The van der Waals surface area contributed by atoms with Gasteiger partial charge in [-0.3, -0.25) is 4.79 Å². The van der Waals surface area contributed by atoms with Gasteiger partial charge in [0.1, 0.15) is 0 Å². The Balaban J connectivity index is 2.21. The number of nitrogens with zero attached hydrogens (tertiary/aromatic N) is 3. The van der Waals surface area contributed by atoms with Crippen LogP contribution in [-0.4, -0.2) is 40.6 Å². The van der Waals surface area contributed by atoms with Crippen LogP contribution >= 0.6 is 11.3 Å². The van der Waals surface area contributed by atoms with Gasteiger partial charge < -0.3 is 15.2 Å². The standard InChI is InChI=1S/C18H22N4O2S/c1-9(8-19)22(5)18(23)14-7-15(13-6-10(2)25-12(13)4)20-17-16(14)11(3)21-24-17/h6-7,9H,8,19H2,1-5H3. The fourth-order valence-corrected chi connectivity index (χ4v) is 3.77. The maximum absolute atomic E-state index is 13.1. The second-order valence-electron chi connectivity index (χ2n) is 6.33. The molecule has 3 aromatic heterocycles. The quantitative estimate of drug-likeness (QED) is 0.773. The molecule has 132 valence electrons. The number of carbonyl (C=O) groups excluding carboxylic acids is 1. The van der Waals surface area contributed by atoms with E-state index in [0.29, 0.717) is 28.9 Å². The molecule has 7 heteroatoms. The maximum Gasteiger partial charge on any atom is 0.259 e. The molecular weight excluding hydrogens is 336 g/mol. The molecule has 0 saturated carbocycles. The van der Waals surface area contributed by atoms with Crippen LogP contribution in [0.2, 0.25) is 0 Å². The normalized spacial score (nSPS) is 12.6. The van der Waals surface area contributed by atoms with Crippen LogP contribution in [0.5, 0.6) is 0 Å². The summed E-state index contributed by atoms with van der Waals surface area (Å²) in [6.45, 7) is 8.24. The number of rotatable bonds is 4. The molecular formula is C18H22N4O2S. The smallest absolute Gasteiger partial charge is 0.259 e. The average Bonchev–Trinajstić information content (AvgIpc) is 3.14. The fraction of sp³-hybridized carbons (Fsp3) is 0.389. The summed E-state index contributed by atoms with van der Waals surface area (Å²) in [5.41, 5.74) is 9.05. The van der Waals surface area contributed by atoms with E-state index in [-0.39, 0.29) is 11.9 Å².